The van der Waals surface area contributed by atoms with Crippen molar-refractivity contribution in [3.63, 3.8) is 0 Å². The summed E-state index contributed by atoms with van der Waals surface area (Å²) in [5, 5.41) is 3.88. The third-order valence-corrected chi connectivity index (χ3v) is 4.69. The third-order valence-electron chi connectivity index (χ3n) is 4.45. The second-order valence-corrected chi connectivity index (χ2v) is 6.35. The zero-order valence-corrected chi connectivity index (χ0v) is 14.8. The van der Waals surface area contributed by atoms with Gasteiger partial charge in [-0.15, -0.1) is 12.4 Å². The molecule has 5 nitrogen and oxygen atoms in total. The molecule has 2 aliphatic heterocycles. The molecule has 1 aromatic carbocycles. The molecule has 23 heavy (non-hydrogen) atoms. The average molecular weight is 360 g/mol. The molecule has 0 radical (unpaired) electrons. The van der Waals surface area contributed by atoms with Crippen molar-refractivity contribution in [2.75, 3.05) is 46.4 Å². The van der Waals surface area contributed by atoms with E-state index in [1.165, 1.54) is 0 Å². The first kappa shape index (κ1) is 18.3. The van der Waals surface area contributed by atoms with Crippen molar-refractivity contribution in [3.8, 4) is 5.75 Å². The fraction of sp³-hybridized carbons (Fsp3) is 0.562. The molecule has 128 valence electrons. The fourth-order valence-corrected chi connectivity index (χ4v) is 3.15. The van der Waals surface area contributed by atoms with E-state index in [1.807, 2.05) is 23.1 Å². The molecule has 0 unspecified atom stereocenters. The number of amides is 1. The topological polar surface area (TPSA) is 44.8 Å². The Morgan fingerprint density at radius 1 is 1.30 bits per heavy atom. The lowest BCUT2D eigenvalue weighted by molar-refractivity contribution is -0.138. The Bertz CT molecular complexity index is 544. The molecule has 0 saturated carbocycles. The second-order valence-electron chi connectivity index (χ2n) is 5.91. The smallest absolute Gasteiger partial charge is 0.228 e. The summed E-state index contributed by atoms with van der Waals surface area (Å²) >= 11 is 6.08. The van der Waals surface area contributed by atoms with Crippen LogP contribution in [0, 0.1) is 5.92 Å². The van der Waals surface area contributed by atoms with Gasteiger partial charge in [-0.05, 0) is 18.2 Å². The number of halogens is 2. The highest BCUT2D eigenvalue weighted by molar-refractivity contribution is 6.30. The molecule has 0 aromatic heterocycles. The molecule has 2 saturated heterocycles. The Hall–Kier alpha value is -1.01. The van der Waals surface area contributed by atoms with E-state index in [0.29, 0.717) is 5.91 Å². The van der Waals surface area contributed by atoms with Gasteiger partial charge in [0, 0.05) is 56.4 Å². The number of carbonyl (C=O) groups excluding carboxylic acids is 1. The minimum Gasteiger partial charge on any atom is -0.496 e. The molecule has 0 aliphatic carbocycles. The van der Waals surface area contributed by atoms with Crippen LogP contribution in [-0.4, -0.2) is 62.1 Å². The minimum atomic E-state index is 0. The highest BCUT2D eigenvalue weighted by atomic mass is 35.5. The van der Waals surface area contributed by atoms with Gasteiger partial charge in [0.05, 0.1) is 13.0 Å². The molecule has 0 bridgehead atoms. The summed E-state index contributed by atoms with van der Waals surface area (Å²) in [5.74, 6) is 1.36. The third kappa shape index (κ3) is 4.29. The number of nitrogens with zero attached hydrogens (tertiary/aromatic N) is 2. The van der Waals surface area contributed by atoms with Crippen LogP contribution in [0.4, 0.5) is 0 Å². The lowest BCUT2D eigenvalue weighted by Crippen LogP contribution is -2.56. The van der Waals surface area contributed by atoms with Gasteiger partial charge >= 0.3 is 0 Å². The van der Waals surface area contributed by atoms with Crippen LogP contribution >= 0.6 is 24.0 Å². The van der Waals surface area contributed by atoms with Crippen LogP contribution in [0.5, 0.6) is 5.75 Å². The summed E-state index contributed by atoms with van der Waals surface area (Å²) in [4.78, 5) is 16.6. The summed E-state index contributed by atoms with van der Waals surface area (Å²) < 4.78 is 5.40. The van der Waals surface area contributed by atoms with Gasteiger partial charge in [-0.3, -0.25) is 9.69 Å². The van der Waals surface area contributed by atoms with Gasteiger partial charge in [-0.2, -0.15) is 0 Å². The highest BCUT2D eigenvalue weighted by Gasteiger charge is 2.31. The van der Waals surface area contributed by atoms with E-state index < -0.39 is 0 Å². The Kier molecular flexibility index (Phi) is 6.53. The lowest BCUT2D eigenvalue weighted by Gasteiger charge is -2.38. The standard InChI is InChI=1S/C16H22ClN3O2.ClH/c1-22-15-3-2-14(17)8-12(15)11-19-4-6-20(7-5-19)16(21)13-9-18-10-13;/h2-3,8,13,18H,4-7,9-11H2,1H3;1H. The zero-order chi connectivity index (χ0) is 15.5. The zero-order valence-electron chi connectivity index (χ0n) is 13.3. The van der Waals surface area contributed by atoms with E-state index in [2.05, 4.69) is 10.2 Å². The Labute approximate surface area is 148 Å². The first-order valence-corrected chi connectivity index (χ1v) is 8.09. The number of rotatable bonds is 4. The Morgan fingerprint density at radius 3 is 2.57 bits per heavy atom. The predicted molar refractivity (Wildman–Crippen MR) is 93.5 cm³/mol. The number of benzene rings is 1. The summed E-state index contributed by atoms with van der Waals surface area (Å²) in [6.07, 6.45) is 0. The molecular formula is C16H23Cl2N3O2. The monoisotopic (exact) mass is 359 g/mol. The number of ether oxygens (including phenoxy) is 1. The van der Waals surface area contributed by atoms with Gasteiger partial charge in [0.1, 0.15) is 5.75 Å². The van der Waals surface area contributed by atoms with E-state index in [4.69, 9.17) is 16.3 Å². The lowest BCUT2D eigenvalue weighted by atomic mass is 10.0. The largest absolute Gasteiger partial charge is 0.496 e. The second kappa shape index (κ2) is 8.20. The van der Waals surface area contributed by atoms with E-state index >= 15 is 0 Å². The van der Waals surface area contributed by atoms with Crippen molar-refractivity contribution in [3.05, 3.63) is 28.8 Å². The molecule has 0 atom stereocenters. The van der Waals surface area contributed by atoms with E-state index in [1.54, 1.807) is 7.11 Å². The van der Waals surface area contributed by atoms with Crippen LogP contribution < -0.4 is 10.1 Å². The molecule has 1 aromatic rings. The van der Waals surface area contributed by atoms with Crippen molar-refractivity contribution in [1.29, 1.82) is 0 Å². The number of piperazine rings is 1. The number of carbonyl (C=O) groups is 1. The quantitative estimate of drug-likeness (QED) is 0.887. The first-order chi connectivity index (χ1) is 10.7. The summed E-state index contributed by atoms with van der Waals surface area (Å²) in [5.41, 5.74) is 1.10. The normalized spacial score (nSPS) is 19.0. The molecule has 2 aliphatic rings. The van der Waals surface area contributed by atoms with Gasteiger partial charge in [0.2, 0.25) is 5.91 Å². The summed E-state index contributed by atoms with van der Waals surface area (Å²) in [6.45, 7) is 5.85. The van der Waals surface area contributed by atoms with Crippen LogP contribution in [0.25, 0.3) is 0 Å². The first-order valence-electron chi connectivity index (χ1n) is 7.71. The van der Waals surface area contributed by atoms with E-state index in [-0.39, 0.29) is 18.3 Å². The molecule has 1 N–H and O–H groups in total. The predicted octanol–water partition coefficient (Wildman–Crippen LogP) is 1.63. The molecule has 1 amide bonds. The summed E-state index contributed by atoms with van der Waals surface area (Å²) in [6, 6.07) is 5.70. The van der Waals surface area contributed by atoms with Gasteiger partial charge < -0.3 is 15.0 Å². The van der Waals surface area contributed by atoms with E-state index in [9.17, 15) is 4.79 Å². The van der Waals surface area contributed by atoms with E-state index in [0.717, 1.165) is 62.1 Å². The van der Waals surface area contributed by atoms with Gasteiger partial charge in [0.15, 0.2) is 0 Å². The molecule has 2 heterocycles. The Morgan fingerprint density at radius 2 is 2.00 bits per heavy atom. The summed E-state index contributed by atoms with van der Waals surface area (Å²) in [7, 11) is 1.68. The van der Waals surface area contributed by atoms with Gasteiger partial charge in [-0.1, -0.05) is 11.6 Å². The maximum Gasteiger partial charge on any atom is 0.228 e. The Balaban J connectivity index is 0.00000192. The molecule has 3 rings (SSSR count). The minimum absolute atomic E-state index is 0. The fourth-order valence-electron chi connectivity index (χ4n) is 2.96. The maximum atomic E-state index is 12.2. The van der Waals surface area contributed by atoms with Crippen molar-refractivity contribution in [2.45, 2.75) is 6.54 Å². The van der Waals surface area contributed by atoms with Crippen LogP contribution in [-0.2, 0) is 11.3 Å². The van der Waals surface area contributed by atoms with Crippen LogP contribution in [0.2, 0.25) is 5.02 Å². The molecule has 0 spiro atoms. The van der Waals surface area contributed by atoms with Crippen molar-refractivity contribution < 1.29 is 9.53 Å². The SMILES string of the molecule is COc1ccc(Cl)cc1CN1CCN(C(=O)C2CNC2)CC1.Cl. The van der Waals surface area contributed by atoms with Gasteiger partial charge in [0.25, 0.3) is 0 Å². The van der Waals surface area contributed by atoms with Crippen LogP contribution in [0.3, 0.4) is 0 Å². The number of hydrogen-bond donors (Lipinski definition) is 1. The average Bonchev–Trinajstić information content (AvgIpc) is 2.46. The number of nitrogens with one attached hydrogen (secondary N) is 1. The van der Waals surface area contributed by atoms with Crippen molar-refractivity contribution >= 4 is 29.9 Å². The van der Waals surface area contributed by atoms with Crippen molar-refractivity contribution in [2.24, 2.45) is 5.92 Å². The molecular weight excluding hydrogens is 337 g/mol. The maximum absolute atomic E-state index is 12.2. The van der Waals surface area contributed by atoms with Crippen molar-refractivity contribution in [1.82, 2.24) is 15.1 Å². The molecule has 7 heteroatoms. The number of methoxy groups -OCH3 is 1. The van der Waals surface area contributed by atoms with Crippen LogP contribution in [0.15, 0.2) is 18.2 Å². The van der Waals surface area contributed by atoms with Crippen LogP contribution in [0.1, 0.15) is 5.56 Å². The highest BCUT2D eigenvalue weighted by Crippen LogP contribution is 2.24. The number of hydrogen-bond acceptors (Lipinski definition) is 4. The molecule has 2 fully saturated rings. The van der Waals surface area contributed by atoms with Gasteiger partial charge in [-0.25, -0.2) is 0 Å².